The first kappa shape index (κ1) is 16.1. The third kappa shape index (κ3) is 4.62. The molecule has 120 valence electrons. The van der Waals surface area contributed by atoms with Crippen molar-refractivity contribution in [2.24, 2.45) is 0 Å². The maximum Gasteiger partial charge on any atom is 0.321 e. The molecule has 1 saturated heterocycles. The average molecular weight is 326 g/mol. The lowest BCUT2D eigenvalue weighted by atomic mass is 10.3. The molecule has 0 aliphatic carbocycles. The molecule has 9 heteroatoms. The van der Waals surface area contributed by atoms with Crippen molar-refractivity contribution in [3.8, 4) is 0 Å². The van der Waals surface area contributed by atoms with E-state index in [0.29, 0.717) is 37.6 Å². The van der Waals surface area contributed by atoms with Crippen molar-refractivity contribution >= 4 is 33.8 Å². The summed E-state index contributed by atoms with van der Waals surface area (Å²) in [7, 11) is -3.32. The number of piperazine rings is 1. The first-order valence-electron chi connectivity index (χ1n) is 6.70. The van der Waals surface area contributed by atoms with Crippen LogP contribution in [0.15, 0.2) is 24.3 Å². The highest BCUT2D eigenvalue weighted by Crippen LogP contribution is 2.15. The topological polar surface area (TPSA) is 98.8 Å². The summed E-state index contributed by atoms with van der Waals surface area (Å²) < 4.78 is 24.6. The fourth-order valence-corrected chi connectivity index (χ4v) is 2.63. The monoisotopic (exact) mass is 326 g/mol. The maximum atomic E-state index is 12.1. The van der Waals surface area contributed by atoms with Crippen LogP contribution in [0.2, 0.25) is 0 Å². The molecule has 1 aromatic rings. The van der Waals surface area contributed by atoms with Gasteiger partial charge in [0.05, 0.1) is 6.26 Å². The lowest BCUT2D eigenvalue weighted by molar-refractivity contribution is -0.119. The lowest BCUT2D eigenvalue weighted by Crippen LogP contribution is -2.49. The summed E-state index contributed by atoms with van der Waals surface area (Å²) in [4.78, 5) is 25.9. The molecule has 0 unspecified atom stereocenters. The van der Waals surface area contributed by atoms with Crippen LogP contribution in [0.3, 0.4) is 0 Å². The van der Waals surface area contributed by atoms with Crippen LogP contribution in [-0.2, 0) is 14.8 Å². The highest BCUT2D eigenvalue weighted by Gasteiger charge is 2.19. The molecule has 2 N–H and O–H groups in total. The summed E-state index contributed by atoms with van der Waals surface area (Å²) in [6, 6.07) is 6.14. The Hall–Kier alpha value is -2.29. The molecule has 1 aromatic carbocycles. The summed E-state index contributed by atoms with van der Waals surface area (Å²) in [6.07, 6.45) is 1.85. The number of amides is 3. The van der Waals surface area contributed by atoms with Gasteiger partial charge in [-0.1, -0.05) is 0 Å². The lowest BCUT2D eigenvalue weighted by Gasteiger charge is -2.32. The first-order valence-corrected chi connectivity index (χ1v) is 8.60. The number of nitrogens with one attached hydrogen (secondary N) is 2. The largest absolute Gasteiger partial charge is 0.342 e. The third-order valence-corrected chi connectivity index (χ3v) is 3.80. The summed E-state index contributed by atoms with van der Waals surface area (Å²) in [5.41, 5.74) is 1.00. The minimum Gasteiger partial charge on any atom is -0.342 e. The van der Waals surface area contributed by atoms with E-state index in [2.05, 4.69) is 10.0 Å². The van der Waals surface area contributed by atoms with Gasteiger partial charge < -0.3 is 15.1 Å². The van der Waals surface area contributed by atoms with E-state index < -0.39 is 10.0 Å². The number of carbonyl (C=O) groups is 2. The number of hydrogen-bond acceptors (Lipinski definition) is 4. The summed E-state index contributed by atoms with van der Waals surface area (Å²) in [5, 5.41) is 2.74. The SMILES string of the molecule is CS(=O)(=O)Nc1ccc(NC(=O)N2CCN(C=O)CC2)cc1. The van der Waals surface area contributed by atoms with Crippen molar-refractivity contribution in [1.29, 1.82) is 0 Å². The number of rotatable bonds is 4. The Balaban J connectivity index is 1.91. The summed E-state index contributed by atoms with van der Waals surface area (Å²) >= 11 is 0. The van der Waals surface area contributed by atoms with Crippen LogP contribution in [0.4, 0.5) is 16.2 Å². The van der Waals surface area contributed by atoms with Crippen LogP contribution >= 0.6 is 0 Å². The molecule has 0 radical (unpaired) electrons. The smallest absolute Gasteiger partial charge is 0.321 e. The highest BCUT2D eigenvalue weighted by molar-refractivity contribution is 7.92. The number of nitrogens with zero attached hydrogens (tertiary/aromatic N) is 2. The molecule has 0 saturated carbocycles. The van der Waals surface area contributed by atoms with E-state index in [-0.39, 0.29) is 6.03 Å². The highest BCUT2D eigenvalue weighted by atomic mass is 32.2. The second kappa shape index (κ2) is 6.65. The standard InChI is InChI=1S/C13H18N4O4S/c1-22(20,21)15-12-4-2-11(3-5-12)14-13(19)17-8-6-16(10-18)7-9-17/h2-5,10,15H,6-9H2,1H3,(H,14,19). The van der Waals surface area contributed by atoms with Crippen molar-refractivity contribution in [2.75, 3.05) is 42.5 Å². The number of sulfonamides is 1. The number of anilines is 2. The Morgan fingerprint density at radius 2 is 1.64 bits per heavy atom. The van der Waals surface area contributed by atoms with E-state index in [0.717, 1.165) is 12.7 Å². The molecule has 1 aliphatic heterocycles. The second-order valence-electron chi connectivity index (χ2n) is 5.01. The molecule has 1 heterocycles. The number of carbonyl (C=O) groups excluding carboxylic acids is 2. The Kier molecular flexibility index (Phi) is 4.86. The van der Waals surface area contributed by atoms with Crippen molar-refractivity contribution < 1.29 is 18.0 Å². The number of hydrogen-bond donors (Lipinski definition) is 2. The number of benzene rings is 1. The van der Waals surface area contributed by atoms with Gasteiger partial charge in [0, 0.05) is 37.6 Å². The van der Waals surface area contributed by atoms with Gasteiger partial charge in [0.2, 0.25) is 16.4 Å². The van der Waals surface area contributed by atoms with Crippen LogP contribution in [0, 0.1) is 0 Å². The molecule has 0 bridgehead atoms. The van der Waals surface area contributed by atoms with Gasteiger partial charge in [-0.3, -0.25) is 9.52 Å². The normalized spacial score (nSPS) is 15.3. The fourth-order valence-electron chi connectivity index (χ4n) is 2.07. The van der Waals surface area contributed by atoms with E-state index in [1.165, 1.54) is 0 Å². The molecule has 1 aliphatic rings. The fraction of sp³-hybridized carbons (Fsp3) is 0.385. The van der Waals surface area contributed by atoms with Crippen LogP contribution in [-0.4, -0.2) is 63.1 Å². The van der Waals surface area contributed by atoms with Crippen molar-refractivity contribution in [2.45, 2.75) is 0 Å². The van der Waals surface area contributed by atoms with E-state index in [1.54, 1.807) is 34.1 Å². The van der Waals surface area contributed by atoms with Gasteiger partial charge in [0.1, 0.15) is 0 Å². The molecule has 0 spiro atoms. The van der Waals surface area contributed by atoms with E-state index in [9.17, 15) is 18.0 Å². The van der Waals surface area contributed by atoms with Gasteiger partial charge in [0.25, 0.3) is 0 Å². The van der Waals surface area contributed by atoms with Gasteiger partial charge in [-0.05, 0) is 24.3 Å². The average Bonchev–Trinajstić information content (AvgIpc) is 2.48. The minimum atomic E-state index is -3.32. The minimum absolute atomic E-state index is 0.241. The molecule has 0 atom stereocenters. The van der Waals surface area contributed by atoms with Crippen molar-refractivity contribution in [3.05, 3.63) is 24.3 Å². The maximum absolute atomic E-state index is 12.1. The van der Waals surface area contributed by atoms with E-state index in [4.69, 9.17) is 0 Å². The van der Waals surface area contributed by atoms with Crippen LogP contribution in [0.5, 0.6) is 0 Å². The van der Waals surface area contributed by atoms with Gasteiger partial charge >= 0.3 is 6.03 Å². The van der Waals surface area contributed by atoms with Gasteiger partial charge in [-0.15, -0.1) is 0 Å². The Bertz CT molecular complexity index is 637. The molecule has 1 fully saturated rings. The van der Waals surface area contributed by atoms with Crippen molar-refractivity contribution in [3.63, 3.8) is 0 Å². The Morgan fingerprint density at radius 1 is 1.09 bits per heavy atom. The van der Waals surface area contributed by atoms with Gasteiger partial charge in [0.15, 0.2) is 0 Å². The number of urea groups is 1. The van der Waals surface area contributed by atoms with Gasteiger partial charge in [-0.25, -0.2) is 13.2 Å². The van der Waals surface area contributed by atoms with Crippen LogP contribution in [0.25, 0.3) is 0 Å². The zero-order valence-electron chi connectivity index (χ0n) is 12.2. The predicted octanol–water partition coefficient (Wildman–Crippen LogP) is 0.364. The molecule has 0 aromatic heterocycles. The molecule has 22 heavy (non-hydrogen) atoms. The van der Waals surface area contributed by atoms with E-state index >= 15 is 0 Å². The summed E-state index contributed by atoms with van der Waals surface area (Å²) in [6.45, 7) is 2.01. The quantitative estimate of drug-likeness (QED) is 0.781. The van der Waals surface area contributed by atoms with Crippen LogP contribution < -0.4 is 10.0 Å². The van der Waals surface area contributed by atoms with E-state index in [1.807, 2.05) is 0 Å². The predicted molar refractivity (Wildman–Crippen MR) is 83.1 cm³/mol. The van der Waals surface area contributed by atoms with Crippen molar-refractivity contribution in [1.82, 2.24) is 9.80 Å². The molecule has 3 amide bonds. The zero-order valence-corrected chi connectivity index (χ0v) is 13.0. The first-order chi connectivity index (χ1) is 10.4. The Labute approximate surface area is 129 Å². The van der Waals surface area contributed by atoms with Gasteiger partial charge in [-0.2, -0.15) is 0 Å². The zero-order chi connectivity index (χ0) is 16.2. The second-order valence-corrected chi connectivity index (χ2v) is 6.76. The molecule has 8 nitrogen and oxygen atoms in total. The van der Waals surface area contributed by atoms with Crippen LogP contribution in [0.1, 0.15) is 0 Å². The third-order valence-electron chi connectivity index (χ3n) is 3.19. The Morgan fingerprint density at radius 3 is 2.14 bits per heavy atom. The molecular weight excluding hydrogens is 308 g/mol. The summed E-state index contributed by atoms with van der Waals surface area (Å²) in [5.74, 6) is 0. The molecular formula is C13H18N4O4S. The molecule has 2 rings (SSSR count).